The number of ether oxygens (including phenoxy) is 2. The van der Waals surface area contributed by atoms with Crippen LogP contribution in [0.3, 0.4) is 0 Å². The van der Waals surface area contributed by atoms with Gasteiger partial charge in [-0.25, -0.2) is 0 Å². The number of nitrogens with one attached hydrogen (secondary N) is 1. The smallest absolute Gasteiger partial charge is 0.261 e. The molecule has 2 aromatic rings. The second kappa shape index (κ2) is 6.61. The Morgan fingerprint density at radius 1 is 1.15 bits per heavy atom. The highest BCUT2D eigenvalue weighted by molar-refractivity contribution is 6.05. The van der Waals surface area contributed by atoms with Gasteiger partial charge in [0.25, 0.3) is 5.91 Å². The first-order chi connectivity index (χ1) is 12.6. The van der Waals surface area contributed by atoms with E-state index in [4.69, 9.17) is 9.47 Å². The first kappa shape index (κ1) is 16.9. The van der Waals surface area contributed by atoms with Gasteiger partial charge in [-0.1, -0.05) is 42.0 Å². The molecule has 0 saturated heterocycles. The number of rotatable bonds is 3. The number of anilines is 1. The molecule has 2 atom stereocenters. The van der Waals surface area contributed by atoms with Crippen LogP contribution in [0.15, 0.2) is 60.2 Å². The molecule has 0 aliphatic carbocycles. The Morgan fingerprint density at radius 2 is 1.96 bits per heavy atom. The third-order valence-corrected chi connectivity index (χ3v) is 5.10. The second-order valence-corrected chi connectivity index (χ2v) is 7.11. The first-order valence-electron chi connectivity index (χ1n) is 9.01. The third-order valence-electron chi connectivity index (χ3n) is 5.10. The fourth-order valence-electron chi connectivity index (χ4n) is 3.91. The lowest BCUT2D eigenvalue weighted by atomic mass is 9.86. The monoisotopic (exact) mass is 349 g/mol. The second-order valence-electron chi connectivity index (χ2n) is 7.11. The molecule has 4 heteroatoms. The maximum absolute atomic E-state index is 13.0. The van der Waals surface area contributed by atoms with Crippen LogP contribution in [0.2, 0.25) is 0 Å². The first-order valence-corrected chi connectivity index (χ1v) is 9.01. The molecular weight excluding hydrogens is 326 g/mol. The summed E-state index contributed by atoms with van der Waals surface area (Å²) in [4.78, 5) is 13.0. The number of para-hydroxylation sites is 1. The molecule has 0 fully saturated rings. The van der Waals surface area contributed by atoms with Crippen LogP contribution in [0.25, 0.3) is 0 Å². The molecule has 1 spiro atoms. The van der Waals surface area contributed by atoms with Gasteiger partial charge in [0.15, 0.2) is 5.60 Å². The fraction of sp³-hybridized carbons (Fsp3) is 0.318. The van der Waals surface area contributed by atoms with Gasteiger partial charge in [-0.05, 0) is 44.0 Å². The number of hydrogen-bond acceptors (Lipinski definition) is 3. The van der Waals surface area contributed by atoms with Gasteiger partial charge < -0.3 is 14.8 Å². The van der Waals surface area contributed by atoms with Crippen molar-refractivity contribution in [1.29, 1.82) is 0 Å². The molecule has 2 aliphatic heterocycles. The highest BCUT2D eigenvalue weighted by Crippen LogP contribution is 2.46. The Balaban J connectivity index is 1.64. The Morgan fingerprint density at radius 3 is 2.77 bits per heavy atom. The molecule has 2 heterocycles. The standard InChI is InChI=1S/C22H23NO3/c1-15-11-12-18(14-25-17-8-4-3-5-9-17)26-22(13-15)20-16(2)7-6-10-19(20)23-21(22)24/h3-11,18H,12-14H2,1-2H3,(H,23,24)/t18-,22+/m0/s1. The zero-order valence-corrected chi connectivity index (χ0v) is 15.1. The molecule has 1 N–H and O–H groups in total. The molecule has 0 unspecified atom stereocenters. The zero-order valence-electron chi connectivity index (χ0n) is 15.1. The summed E-state index contributed by atoms with van der Waals surface area (Å²) in [5.41, 5.74) is 3.08. The number of carbonyl (C=O) groups is 1. The summed E-state index contributed by atoms with van der Waals surface area (Å²) >= 11 is 0. The summed E-state index contributed by atoms with van der Waals surface area (Å²) in [7, 11) is 0. The van der Waals surface area contributed by atoms with Crippen LogP contribution in [0.5, 0.6) is 5.75 Å². The maximum Gasteiger partial charge on any atom is 0.261 e. The summed E-state index contributed by atoms with van der Waals surface area (Å²) in [5, 5.41) is 3.01. The van der Waals surface area contributed by atoms with Gasteiger partial charge in [-0.2, -0.15) is 0 Å². The number of aryl methyl sites for hydroxylation is 1. The van der Waals surface area contributed by atoms with Crippen LogP contribution in [0.1, 0.15) is 30.9 Å². The van der Waals surface area contributed by atoms with Crippen LogP contribution < -0.4 is 10.1 Å². The highest BCUT2D eigenvalue weighted by atomic mass is 16.6. The Bertz CT molecular complexity index is 859. The van der Waals surface area contributed by atoms with Gasteiger partial charge in [0, 0.05) is 17.7 Å². The predicted molar refractivity (Wildman–Crippen MR) is 101 cm³/mol. The van der Waals surface area contributed by atoms with Crippen molar-refractivity contribution in [3.63, 3.8) is 0 Å². The zero-order chi connectivity index (χ0) is 18.1. The predicted octanol–water partition coefficient (Wildman–Crippen LogP) is 4.35. The summed E-state index contributed by atoms with van der Waals surface area (Å²) < 4.78 is 12.4. The minimum atomic E-state index is -0.970. The van der Waals surface area contributed by atoms with Crippen molar-refractivity contribution in [3.8, 4) is 5.75 Å². The number of hydrogen-bond donors (Lipinski definition) is 1. The molecule has 1 amide bonds. The lowest BCUT2D eigenvalue weighted by Gasteiger charge is -2.31. The van der Waals surface area contributed by atoms with Crippen molar-refractivity contribution in [1.82, 2.24) is 0 Å². The van der Waals surface area contributed by atoms with Crippen molar-refractivity contribution in [2.24, 2.45) is 0 Å². The summed E-state index contributed by atoms with van der Waals surface area (Å²) in [6, 6.07) is 15.6. The minimum absolute atomic E-state index is 0.0823. The number of fused-ring (bicyclic) bond motifs is 2. The highest BCUT2D eigenvalue weighted by Gasteiger charge is 2.51. The number of carbonyl (C=O) groups excluding carboxylic acids is 1. The SMILES string of the molecule is CC1=CC[C@@H](COc2ccccc2)O[C@@]2(C1)C(=O)Nc1cccc(C)c12. The van der Waals surface area contributed by atoms with Crippen LogP contribution in [-0.4, -0.2) is 18.6 Å². The minimum Gasteiger partial charge on any atom is -0.491 e. The Hall–Kier alpha value is -2.59. The summed E-state index contributed by atoms with van der Waals surface area (Å²) in [6.07, 6.45) is 3.27. The van der Waals surface area contributed by atoms with Crippen molar-refractivity contribution >= 4 is 11.6 Å². The van der Waals surface area contributed by atoms with Crippen molar-refractivity contribution in [2.45, 2.75) is 38.4 Å². The molecule has 4 nitrogen and oxygen atoms in total. The van der Waals surface area contributed by atoms with E-state index in [0.717, 1.165) is 29.0 Å². The number of benzene rings is 2. The molecule has 4 rings (SSSR count). The van der Waals surface area contributed by atoms with E-state index in [-0.39, 0.29) is 12.0 Å². The van der Waals surface area contributed by atoms with E-state index < -0.39 is 5.60 Å². The summed E-state index contributed by atoms with van der Waals surface area (Å²) in [5.74, 6) is 0.726. The van der Waals surface area contributed by atoms with E-state index >= 15 is 0 Å². The maximum atomic E-state index is 13.0. The lowest BCUT2D eigenvalue weighted by molar-refractivity contribution is -0.152. The molecule has 134 valence electrons. The van der Waals surface area contributed by atoms with Crippen molar-refractivity contribution < 1.29 is 14.3 Å². The largest absolute Gasteiger partial charge is 0.491 e. The molecule has 26 heavy (non-hydrogen) atoms. The van der Waals surface area contributed by atoms with E-state index in [1.807, 2.05) is 55.5 Å². The average molecular weight is 349 g/mol. The Kier molecular flexibility index (Phi) is 4.29. The Labute approximate surface area is 153 Å². The quantitative estimate of drug-likeness (QED) is 0.838. The molecule has 2 aliphatic rings. The molecule has 2 aromatic carbocycles. The van der Waals surface area contributed by atoms with Gasteiger partial charge in [-0.3, -0.25) is 4.79 Å². The van der Waals surface area contributed by atoms with E-state index in [1.165, 1.54) is 5.57 Å². The van der Waals surface area contributed by atoms with Gasteiger partial charge in [0.1, 0.15) is 12.4 Å². The van der Waals surface area contributed by atoms with Crippen LogP contribution in [-0.2, 0) is 15.1 Å². The van der Waals surface area contributed by atoms with Gasteiger partial charge in [0.05, 0.1) is 6.10 Å². The van der Waals surface area contributed by atoms with Gasteiger partial charge >= 0.3 is 0 Å². The van der Waals surface area contributed by atoms with Crippen LogP contribution in [0, 0.1) is 6.92 Å². The molecular formula is C22H23NO3. The average Bonchev–Trinajstić information content (AvgIpc) is 2.79. The number of amides is 1. The van der Waals surface area contributed by atoms with Crippen molar-refractivity contribution in [2.75, 3.05) is 11.9 Å². The molecule has 0 radical (unpaired) electrons. The fourth-order valence-corrected chi connectivity index (χ4v) is 3.91. The topological polar surface area (TPSA) is 47.6 Å². The molecule has 0 saturated carbocycles. The van der Waals surface area contributed by atoms with Crippen LogP contribution in [0.4, 0.5) is 5.69 Å². The van der Waals surface area contributed by atoms with Gasteiger partial charge in [0.2, 0.25) is 0 Å². The van der Waals surface area contributed by atoms with Gasteiger partial charge in [-0.15, -0.1) is 0 Å². The van der Waals surface area contributed by atoms with E-state index in [0.29, 0.717) is 13.0 Å². The molecule has 0 bridgehead atoms. The lowest BCUT2D eigenvalue weighted by Crippen LogP contribution is -2.41. The van der Waals surface area contributed by atoms with E-state index in [1.54, 1.807) is 0 Å². The van der Waals surface area contributed by atoms with E-state index in [9.17, 15) is 4.79 Å². The van der Waals surface area contributed by atoms with E-state index in [2.05, 4.69) is 18.3 Å². The third kappa shape index (κ3) is 2.90. The summed E-state index contributed by atoms with van der Waals surface area (Å²) in [6.45, 7) is 4.50. The normalized spacial score (nSPS) is 24.6. The van der Waals surface area contributed by atoms with Crippen LogP contribution >= 0.6 is 0 Å². The molecule has 0 aromatic heterocycles. The van der Waals surface area contributed by atoms with Crippen molar-refractivity contribution in [3.05, 3.63) is 71.3 Å².